The number of nitrogens with zero attached hydrogens (tertiary/aromatic N) is 16. The van der Waals surface area contributed by atoms with Gasteiger partial charge in [-0.1, -0.05) is 18.2 Å². The van der Waals surface area contributed by atoms with Crippen molar-refractivity contribution in [3.63, 3.8) is 0 Å². The van der Waals surface area contributed by atoms with Crippen LogP contribution in [-0.2, 0) is 34.0 Å². The topological polar surface area (TPSA) is 317 Å². The lowest BCUT2D eigenvalue weighted by molar-refractivity contribution is -0.142. The maximum absolute atomic E-state index is 13.7. The van der Waals surface area contributed by atoms with Crippen LogP contribution in [-0.4, -0.2) is 108 Å². The number of nitrogen functional groups attached to an aromatic ring is 3. The van der Waals surface area contributed by atoms with Crippen LogP contribution in [0, 0.1) is 23.3 Å². The van der Waals surface area contributed by atoms with E-state index in [9.17, 15) is 79.8 Å². The summed E-state index contributed by atoms with van der Waals surface area (Å²) in [6.45, 7) is 8.10. The van der Waals surface area contributed by atoms with Crippen molar-refractivity contribution in [2.45, 2.75) is 63.6 Å². The van der Waals surface area contributed by atoms with Gasteiger partial charge in [0.15, 0.2) is 22.8 Å². The Hall–Kier alpha value is -11.4. The zero-order valence-corrected chi connectivity index (χ0v) is 64.0. The van der Waals surface area contributed by atoms with Gasteiger partial charge in [0.05, 0.1) is 15.7 Å². The number of carbonyl (C=O) groups is 2. The molecule has 12 aromatic heterocycles. The van der Waals surface area contributed by atoms with Crippen LogP contribution in [0.25, 0.3) is 53.9 Å². The second-order valence-electron chi connectivity index (χ2n) is 23.9. The molecule has 1 fully saturated rings. The molecule has 115 heavy (non-hydrogen) atoms. The van der Waals surface area contributed by atoms with Crippen LogP contribution in [0.15, 0.2) is 185 Å². The molecule has 1 amide bonds. The highest BCUT2D eigenvalue weighted by molar-refractivity contribution is 9.10. The molecule has 13 heterocycles. The van der Waals surface area contributed by atoms with Crippen molar-refractivity contribution in [2.75, 3.05) is 22.5 Å². The highest BCUT2D eigenvalue weighted by Gasteiger charge is 2.52. The third-order valence-corrected chi connectivity index (χ3v) is 19.4. The molecule has 598 valence electrons. The van der Waals surface area contributed by atoms with Gasteiger partial charge in [-0.15, -0.1) is 45.3 Å². The Kier molecular flexibility index (Phi) is 26.6. The fourth-order valence-electron chi connectivity index (χ4n) is 9.51. The van der Waals surface area contributed by atoms with Gasteiger partial charge in [0.25, 0.3) is 11.1 Å². The van der Waals surface area contributed by atoms with Crippen molar-refractivity contribution in [3.8, 4) is 53.9 Å². The number of thiazole rings is 4. The van der Waals surface area contributed by atoms with Crippen LogP contribution < -0.4 is 28.0 Å². The summed E-state index contributed by atoms with van der Waals surface area (Å²) < 4.78 is 225. The van der Waals surface area contributed by atoms with Crippen molar-refractivity contribution in [1.82, 2.24) is 79.0 Å². The molecule has 0 bridgehead atoms. The molecule has 14 aromatic rings. The number of hydrogen-bond acceptors (Lipinski definition) is 23. The summed E-state index contributed by atoms with van der Waals surface area (Å²) in [5, 5.41) is 23.2. The molecule has 0 spiro atoms. The monoisotopic (exact) mass is 1770 g/mol. The van der Waals surface area contributed by atoms with E-state index in [-0.39, 0.29) is 67.6 Å². The minimum atomic E-state index is -4.73. The summed E-state index contributed by atoms with van der Waals surface area (Å²) in [6, 6.07) is 18.0. The maximum Gasteiger partial charge on any atom is 0.496 e. The third-order valence-electron chi connectivity index (χ3n) is 15.5. The van der Waals surface area contributed by atoms with E-state index in [1.54, 1.807) is 33.8 Å². The van der Waals surface area contributed by atoms with Crippen LogP contribution in [0.1, 0.15) is 71.2 Å². The lowest BCUT2D eigenvalue weighted by atomic mass is 9.80. The highest BCUT2D eigenvalue weighted by atomic mass is 79.9. The zero-order chi connectivity index (χ0) is 83.7. The molecule has 0 unspecified atom stereocenters. The summed E-state index contributed by atoms with van der Waals surface area (Å²) in [6.07, 6.45) is -2.05. The van der Waals surface area contributed by atoms with Crippen LogP contribution in [0.2, 0.25) is 0 Å². The Morgan fingerprint density at radius 2 is 0.765 bits per heavy atom. The molecule has 24 nitrogen and oxygen atoms in total. The van der Waals surface area contributed by atoms with Crippen molar-refractivity contribution >= 4 is 120 Å². The molecular weight excluding hydrogens is 1720 g/mol. The summed E-state index contributed by atoms with van der Waals surface area (Å²) >= 11 is 12.4. The summed E-state index contributed by atoms with van der Waals surface area (Å²) in [5.74, 6) is -4.20. The Bertz CT molecular complexity index is 5420. The summed E-state index contributed by atoms with van der Waals surface area (Å²) in [4.78, 5) is 53.7. The smallest absolute Gasteiger partial charge is 0.399 e. The summed E-state index contributed by atoms with van der Waals surface area (Å²) in [7, 11) is -0.363. The van der Waals surface area contributed by atoms with Crippen molar-refractivity contribution in [2.24, 2.45) is 0 Å². The predicted octanol–water partition coefficient (Wildman–Crippen LogP) is 17.3. The average Bonchev–Trinajstić information content (AvgIpc) is 1.68. The van der Waals surface area contributed by atoms with Crippen LogP contribution in [0.5, 0.6) is 0 Å². The first-order chi connectivity index (χ1) is 54.1. The second kappa shape index (κ2) is 35.5. The van der Waals surface area contributed by atoms with E-state index in [1.165, 1.54) is 132 Å². The minimum absolute atomic E-state index is 0.0646. The fourth-order valence-corrected chi connectivity index (χ4v) is 12.5. The maximum atomic E-state index is 13.7. The first kappa shape index (κ1) is 86.0. The Morgan fingerprint density at radius 1 is 0.443 bits per heavy atom. The average molecular weight is 1770 g/mol. The largest absolute Gasteiger partial charge is 0.496 e. The number of rotatable bonds is 11. The Labute approximate surface area is 666 Å². The number of aromatic nitrogens is 16. The fraction of sp³-hybridized carbons (Fsp3) is 0.147. The first-order valence-electron chi connectivity index (χ1n) is 31.9. The Morgan fingerprint density at radius 3 is 1.04 bits per heavy atom. The standard InChI is InChI=1S/C19H10F5N5OS.2C12H8F3N5S.C11H17BN2O2.C7H3BrF3N3S.C7H3ClF2O/c20-12-2-1-3-13(21)15(12)17(30)27-14-5-4-10(8-26-14)11-9-29(18-25-6-7-31-18)28-16(11)19(22,23)24;2*13-12(14,15)10-8(7-1-2-9(16)18-5-7)6-20(19-10)11-17-3-4-21-11;1-10(2)11(3,4)16-12(15-10)8-5-6-9(13)14-7-8;8-4-3-14(6-12-1-2-15-6)13-5(4)7(9,10)11;8-7(11)6-4(9)2-1-3-5(6)10/h1-9H,(H,26,27,30);2*1-6H,(H2,16,18);5-7H,1-4H3,(H2,13,14);1-3H;1-3H. The van der Waals surface area contributed by atoms with Gasteiger partial charge in [0.1, 0.15) is 57.7 Å². The quantitative estimate of drug-likeness (QED) is 0.0531. The van der Waals surface area contributed by atoms with E-state index in [4.69, 9.17) is 38.1 Å². The van der Waals surface area contributed by atoms with E-state index in [2.05, 4.69) is 81.5 Å². The number of benzene rings is 2. The van der Waals surface area contributed by atoms with Gasteiger partial charge in [-0.3, -0.25) is 9.59 Å². The van der Waals surface area contributed by atoms with Crippen molar-refractivity contribution < 1.29 is 89.1 Å². The van der Waals surface area contributed by atoms with Crippen LogP contribution >= 0.6 is 72.9 Å². The molecule has 0 aliphatic carbocycles. The predicted molar refractivity (Wildman–Crippen MR) is 398 cm³/mol. The van der Waals surface area contributed by atoms with Gasteiger partial charge in [0.2, 0.25) is 20.5 Å². The van der Waals surface area contributed by atoms with Gasteiger partial charge in [-0.05, 0) is 122 Å². The number of nitrogens with one attached hydrogen (secondary N) is 1. The van der Waals surface area contributed by atoms with Gasteiger partial charge in [-0.25, -0.2) is 76.2 Å². The SMILES string of the molecule is CC1(C)OB(c2ccc(N)nc2)OC1(C)C.FC(F)(F)c1nn(-c2nccs2)cc1Br.Nc1ccc(-c2cn(-c3nccs3)nc2C(F)(F)F)cn1.Nc1ccc(-c2cn(-c3nccs3)nc2C(F)(F)F)cn1.O=C(Cl)c1c(F)cccc1F.O=C(Nc1ccc(-c2cn(-c3nccs3)nc2C(F)(F)F)cn1)c1c(F)cccc1F. The van der Waals surface area contributed by atoms with Crippen molar-refractivity contribution in [1.29, 1.82) is 0 Å². The molecule has 7 N–H and O–H groups in total. The number of alkyl halides is 12. The Balaban J connectivity index is 0.000000150. The molecule has 1 aliphatic rings. The number of amides is 1. The van der Waals surface area contributed by atoms with Gasteiger partial charge < -0.3 is 31.8 Å². The van der Waals surface area contributed by atoms with E-state index < -0.39 is 93.0 Å². The molecule has 47 heteroatoms. The van der Waals surface area contributed by atoms with E-state index in [1.807, 2.05) is 33.8 Å². The van der Waals surface area contributed by atoms with Gasteiger partial charge in [0, 0.05) is 135 Å². The number of nitrogens with two attached hydrogens (primary N) is 3. The van der Waals surface area contributed by atoms with Crippen LogP contribution in [0.3, 0.4) is 0 Å². The van der Waals surface area contributed by atoms with E-state index >= 15 is 0 Å². The molecule has 1 aliphatic heterocycles. The zero-order valence-electron chi connectivity index (χ0n) is 58.4. The van der Waals surface area contributed by atoms with Gasteiger partial charge >= 0.3 is 31.8 Å². The van der Waals surface area contributed by atoms with E-state index in [0.717, 1.165) is 78.1 Å². The number of halogens is 18. The van der Waals surface area contributed by atoms with Gasteiger partial charge in [-0.2, -0.15) is 73.1 Å². The normalized spacial score (nSPS) is 13.0. The summed E-state index contributed by atoms with van der Waals surface area (Å²) in [5.41, 5.74) is 11.4. The number of anilines is 4. The molecule has 15 rings (SSSR count). The third kappa shape index (κ3) is 21.5. The number of hydrogen-bond donors (Lipinski definition) is 4. The minimum Gasteiger partial charge on any atom is -0.399 e. The molecular formula is C68H49BBrClF16N20O4S4. The molecule has 1 saturated heterocycles. The van der Waals surface area contributed by atoms with Crippen LogP contribution in [0.4, 0.5) is 93.5 Å². The molecule has 0 atom stereocenters. The first-order valence-corrected chi connectivity index (χ1v) is 36.5. The van der Waals surface area contributed by atoms with Crippen molar-refractivity contribution in [3.05, 3.63) is 242 Å². The van der Waals surface area contributed by atoms with E-state index in [0.29, 0.717) is 32.3 Å². The highest BCUT2D eigenvalue weighted by Crippen LogP contribution is 2.42. The molecule has 2 aromatic carbocycles. The lowest BCUT2D eigenvalue weighted by Gasteiger charge is -2.32. The lowest BCUT2D eigenvalue weighted by Crippen LogP contribution is -2.41. The second-order valence-corrected chi connectivity index (χ2v) is 28.6. The number of carbonyl (C=O) groups excluding carboxylic acids is 2. The molecule has 0 saturated carbocycles. The number of pyridine rings is 4. The molecule has 0 radical (unpaired) electrons.